The highest BCUT2D eigenvalue weighted by molar-refractivity contribution is 5.84. The summed E-state index contributed by atoms with van der Waals surface area (Å²) in [5.41, 5.74) is 2.28. The Bertz CT molecular complexity index is 4050. The standard InChI is InChI=1S/C68H20O4/c1-3-5-7-9-11-13-15-17-19-21-23-25-27-29-31-33-35-37-39-44-52-70-66-54-60(59-72-65-51-50-62-56-64(49-48-63(62)57-65)68(69)61-46-42-41-43-47-61)55-67(58-66)71-53-45-40-38-36-34-32-30-28-26-24-22-20-18-16-14-12-10-8-6-4-2/h1-2,41-43,46-51,54-58,68-69H,59H2. The lowest BCUT2D eigenvalue weighted by Gasteiger charge is -2.13. The molecule has 0 aliphatic rings. The Hall–Kier alpha value is -13.2. The van der Waals surface area contributed by atoms with Gasteiger partial charge in [-0.05, 0) is 153 Å². The van der Waals surface area contributed by atoms with Crippen molar-refractivity contribution in [2.45, 2.75) is 12.7 Å². The summed E-state index contributed by atoms with van der Waals surface area (Å²) in [6, 6.07) is 26.0. The van der Waals surface area contributed by atoms with Gasteiger partial charge in [0.15, 0.2) is 0 Å². The van der Waals surface area contributed by atoms with Crippen LogP contribution in [0, 0.1) is 262 Å². The molecule has 0 radical (unpaired) electrons. The quantitative estimate of drug-likeness (QED) is 0.249. The number of terminal acetylenes is 2. The molecular weight excluding hydrogens is 881 g/mol. The van der Waals surface area contributed by atoms with Crippen LogP contribution in [-0.2, 0) is 6.61 Å². The van der Waals surface area contributed by atoms with E-state index < -0.39 is 6.10 Å². The van der Waals surface area contributed by atoms with Gasteiger partial charge in [0.25, 0.3) is 0 Å². The maximum atomic E-state index is 10.9. The summed E-state index contributed by atoms with van der Waals surface area (Å²) in [5, 5.41) is 12.8. The number of hydrogen-bond donors (Lipinski definition) is 1. The van der Waals surface area contributed by atoms with Gasteiger partial charge in [-0.1, -0.05) is 48.5 Å². The molecule has 0 amide bonds. The maximum Gasteiger partial charge on any atom is 0.144 e. The molecule has 0 saturated carbocycles. The van der Waals surface area contributed by atoms with Gasteiger partial charge < -0.3 is 19.3 Å². The van der Waals surface area contributed by atoms with Crippen LogP contribution in [0.25, 0.3) is 10.8 Å². The average Bonchev–Trinajstić information content (AvgIpc) is 3.41. The lowest BCUT2D eigenvalue weighted by atomic mass is 9.98. The van der Waals surface area contributed by atoms with E-state index in [1.807, 2.05) is 66.7 Å². The summed E-state index contributed by atoms with van der Waals surface area (Å²) in [7, 11) is 0. The molecule has 4 heteroatoms. The summed E-state index contributed by atoms with van der Waals surface area (Å²) in [4.78, 5) is 0. The van der Waals surface area contributed by atoms with Gasteiger partial charge in [0, 0.05) is 148 Å². The zero-order valence-electron chi connectivity index (χ0n) is 37.2. The highest BCUT2D eigenvalue weighted by Gasteiger charge is 2.11. The fourth-order valence-corrected chi connectivity index (χ4v) is 4.68. The zero-order valence-corrected chi connectivity index (χ0v) is 37.2. The fraction of sp³-hybridized carbons (Fsp3) is 0.0294. The Labute approximate surface area is 421 Å². The molecule has 0 spiro atoms. The van der Waals surface area contributed by atoms with Crippen molar-refractivity contribution in [2.75, 3.05) is 0 Å². The summed E-state index contributed by atoms with van der Waals surface area (Å²) in [5.74, 6) is 101. The third-order valence-corrected chi connectivity index (χ3v) is 7.45. The summed E-state index contributed by atoms with van der Waals surface area (Å²) < 4.78 is 17.4. The van der Waals surface area contributed by atoms with Crippen molar-refractivity contribution in [3.63, 3.8) is 0 Å². The lowest BCUT2D eigenvalue weighted by molar-refractivity contribution is 0.220. The molecule has 4 rings (SSSR count). The van der Waals surface area contributed by atoms with Crippen molar-refractivity contribution in [2.24, 2.45) is 0 Å². The molecule has 0 aliphatic carbocycles. The first kappa shape index (κ1) is 51.5. The van der Waals surface area contributed by atoms with Gasteiger partial charge in [0.2, 0.25) is 0 Å². The third kappa shape index (κ3) is 23.0. The number of aliphatic hydroxyl groups excluding tert-OH is 1. The average molecular weight is 901 g/mol. The van der Waals surface area contributed by atoms with E-state index in [-0.39, 0.29) is 6.61 Å². The first-order chi connectivity index (χ1) is 35.7. The van der Waals surface area contributed by atoms with Gasteiger partial charge in [-0.2, -0.15) is 0 Å². The maximum absolute atomic E-state index is 10.9. The number of benzene rings is 4. The van der Waals surface area contributed by atoms with E-state index in [2.05, 4.69) is 249 Å². The normalized spacial score (nSPS) is 7.21. The molecule has 1 atom stereocenters. The molecule has 4 aromatic rings. The third-order valence-electron chi connectivity index (χ3n) is 7.45. The Morgan fingerprint density at radius 1 is 0.333 bits per heavy atom. The van der Waals surface area contributed by atoms with Crippen molar-refractivity contribution in [3.05, 3.63) is 102 Å². The molecule has 0 heterocycles. The first-order valence-electron chi connectivity index (χ1n) is 19.9. The van der Waals surface area contributed by atoms with Crippen molar-refractivity contribution >= 4 is 10.8 Å². The monoisotopic (exact) mass is 900 g/mol. The van der Waals surface area contributed by atoms with E-state index in [0.29, 0.717) is 22.8 Å². The predicted octanol–water partition coefficient (Wildman–Crippen LogP) is 5.51. The van der Waals surface area contributed by atoms with Gasteiger partial charge in [-0.15, -0.1) is 12.8 Å². The second kappa shape index (κ2) is 34.3. The van der Waals surface area contributed by atoms with Crippen LogP contribution in [0.1, 0.15) is 22.8 Å². The highest BCUT2D eigenvalue weighted by Crippen LogP contribution is 2.29. The minimum Gasteiger partial charge on any atom is -0.489 e. The molecule has 4 aromatic carbocycles. The molecule has 0 fully saturated rings. The van der Waals surface area contributed by atoms with Crippen LogP contribution in [0.5, 0.6) is 17.2 Å². The Balaban J connectivity index is 1.40. The molecular formula is C68H20O4. The lowest BCUT2D eigenvalue weighted by Crippen LogP contribution is -1.99. The van der Waals surface area contributed by atoms with Crippen molar-refractivity contribution in [1.29, 1.82) is 0 Å². The summed E-state index contributed by atoms with van der Waals surface area (Å²) >= 11 is 0. The number of aliphatic hydroxyl groups is 1. The Kier molecular flexibility index (Phi) is 24.5. The second-order valence-corrected chi connectivity index (χ2v) is 12.1. The van der Waals surface area contributed by atoms with Gasteiger partial charge in [-0.3, -0.25) is 0 Å². The van der Waals surface area contributed by atoms with E-state index in [1.165, 1.54) is 0 Å². The minimum atomic E-state index is -0.747. The topological polar surface area (TPSA) is 47.9 Å². The van der Waals surface area contributed by atoms with Crippen LogP contribution in [0.15, 0.2) is 84.9 Å². The van der Waals surface area contributed by atoms with Crippen molar-refractivity contribution < 1.29 is 19.3 Å². The van der Waals surface area contributed by atoms with E-state index in [1.54, 1.807) is 18.2 Å². The molecule has 72 heavy (non-hydrogen) atoms. The van der Waals surface area contributed by atoms with E-state index in [4.69, 9.17) is 27.1 Å². The molecule has 0 bridgehead atoms. The second-order valence-electron chi connectivity index (χ2n) is 12.1. The number of hydrogen-bond acceptors (Lipinski definition) is 4. The minimum absolute atomic E-state index is 0.140. The van der Waals surface area contributed by atoms with E-state index in [0.717, 1.165) is 21.9 Å². The highest BCUT2D eigenvalue weighted by atomic mass is 16.5. The largest absolute Gasteiger partial charge is 0.489 e. The summed E-state index contributed by atoms with van der Waals surface area (Å²) in [6.07, 6.45) is 14.3. The van der Waals surface area contributed by atoms with Gasteiger partial charge in [0.1, 0.15) is 42.2 Å². The van der Waals surface area contributed by atoms with E-state index in [9.17, 15) is 5.11 Å². The molecule has 0 aromatic heterocycles. The van der Waals surface area contributed by atoms with Crippen LogP contribution < -0.4 is 14.2 Å². The van der Waals surface area contributed by atoms with Crippen molar-refractivity contribution in [3.8, 4) is 279 Å². The molecule has 1 unspecified atom stereocenters. The molecule has 0 aliphatic heterocycles. The van der Waals surface area contributed by atoms with Crippen molar-refractivity contribution in [1.82, 2.24) is 0 Å². The smallest absolute Gasteiger partial charge is 0.144 e. The first-order valence-corrected chi connectivity index (χ1v) is 19.9. The van der Waals surface area contributed by atoms with Crippen LogP contribution in [0.4, 0.5) is 0 Å². The van der Waals surface area contributed by atoms with Gasteiger partial charge >= 0.3 is 0 Å². The molecule has 4 nitrogen and oxygen atoms in total. The molecule has 1 N–H and O–H groups in total. The van der Waals surface area contributed by atoms with Crippen LogP contribution >= 0.6 is 0 Å². The number of fused-ring (bicyclic) bond motifs is 1. The van der Waals surface area contributed by atoms with Crippen LogP contribution in [0.2, 0.25) is 0 Å². The predicted molar refractivity (Wildman–Crippen MR) is 280 cm³/mol. The number of ether oxygens (including phenoxy) is 3. The van der Waals surface area contributed by atoms with Crippen LogP contribution in [0.3, 0.4) is 0 Å². The Morgan fingerprint density at radius 2 is 0.681 bits per heavy atom. The Morgan fingerprint density at radius 3 is 1.07 bits per heavy atom. The SMILES string of the molecule is C#CC#CC#CC#CC#CC#CC#CC#CC#CC#CC#COc1cc(COc2ccc3cc(C(O)c4ccccc4)ccc3c2)cc(OC#CC#CC#CC#CC#CC#CC#CC#CC#CC#CC#C)c1. The molecule has 316 valence electrons. The van der Waals surface area contributed by atoms with Gasteiger partial charge in [-0.25, -0.2) is 0 Å². The fourth-order valence-electron chi connectivity index (χ4n) is 4.68. The van der Waals surface area contributed by atoms with Crippen LogP contribution in [-0.4, -0.2) is 5.11 Å². The number of rotatable bonds is 7. The van der Waals surface area contributed by atoms with Gasteiger partial charge in [0.05, 0.1) is 0 Å². The zero-order chi connectivity index (χ0) is 50.6. The van der Waals surface area contributed by atoms with E-state index >= 15 is 0 Å². The molecule has 0 saturated heterocycles. The summed E-state index contributed by atoms with van der Waals surface area (Å²) in [6.45, 7) is 0.140.